The van der Waals surface area contributed by atoms with Crippen molar-refractivity contribution in [3.05, 3.63) is 121 Å². The fraction of sp³-hybridized carbons (Fsp3) is 0.282. The van der Waals surface area contributed by atoms with Crippen LogP contribution in [0.1, 0.15) is 56.2 Å². The SMILES string of the molecule is Cc1ccc(S(=O)(=O)n2cc(-c3cnn(Cc4ccncc4)c3)c3cc(-c4ccc(C5CCN(C(=O)OC(C)(C)C)CC5)cc4)cnc32)cc1. The van der Waals surface area contributed by atoms with Gasteiger partial charge in [-0.3, -0.25) is 9.67 Å². The summed E-state index contributed by atoms with van der Waals surface area (Å²) in [6.07, 6.45) is 12.0. The number of benzene rings is 2. The molecule has 0 unspecified atom stereocenters. The van der Waals surface area contributed by atoms with E-state index in [1.165, 1.54) is 9.54 Å². The number of ether oxygens (including phenoxy) is 1. The number of aryl methyl sites for hydroxylation is 1. The Balaban J connectivity index is 1.20. The number of carbonyl (C=O) groups excluding carboxylic acids is 1. The maximum absolute atomic E-state index is 14.0. The van der Waals surface area contributed by atoms with E-state index < -0.39 is 15.6 Å². The van der Waals surface area contributed by atoms with Crippen molar-refractivity contribution >= 4 is 27.1 Å². The van der Waals surface area contributed by atoms with E-state index in [1.807, 2.05) is 56.8 Å². The molecule has 0 spiro atoms. The molecule has 1 aliphatic heterocycles. The van der Waals surface area contributed by atoms with Gasteiger partial charge in [0.2, 0.25) is 0 Å². The molecule has 0 radical (unpaired) electrons. The van der Waals surface area contributed by atoms with Crippen LogP contribution in [0.3, 0.4) is 0 Å². The second-order valence-corrected chi connectivity index (χ2v) is 15.7. The second kappa shape index (κ2) is 13.2. The summed E-state index contributed by atoms with van der Waals surface area (Å²) in [5.41, 5.74) is 6.45. The molecule has 0 bridgehead atoms. The third kappa shape index (κ3) is 6.91. The van der Waals surface area contributed by atoms with Gasteiger partial charge in [0.25, 0.3) is 10.0 Å². The Labute approximate surface area is 292 Å². The van der Waals surface area contributed by atoms with E-state index in [9.17, 15) is 13.2 Å². The van der Waals surface area contributed by atoms with E-state index >= 15 is 0 Å². The highest BCUT2D eigenvalue weighted by molar-refractivity contribution is 7.90. The highest BCUT2D eigenvalue weighted by atomic mass is 32.2. The number of pyridine rings is 2. The van der Waals surface area contributed by atoms with E-state index in [2.05, 4.69) is 34.3 Å². The summed E-state index contributed by atoms with van der Waals surface area (Å²) in [6, 6.07) is 21.2. The summed E-state index contributed by atoms with van der Waals surface area (Å²) in [5, 5.41) is 5.30. The zero-order valence-electron chi connectivity index (χ0n) is 28.7. The normalized spacial score (nSPS) is 14.3. The Kier molecular flexibility index (Phi) is 8.77. The number of carbonyl (C=O) groups is 1. The molecule has 2 aromatic carbocycles. The second-order valence-electron chi connectivity index (χ2n) is 13.9. The number of hydrogen-bond acceptors (Lipinski definition) is 7. The van der Waals surface area contributed by atoms with Crippen molar-refractivity contribution in [1.82, 2.24) is 28.6 Å². The van der Waals surface area contributed by atoms with Gasteiger partial charge < -0.3 is 9.64 Å². The van der Waals surface area contributed by atoms with Crippen LogP contribution in [-0.2, 0) is 21.3 Å². The van der Waals surface area contributed by atoms with Crippen LogP contribution in [0.4, 0.5) is 4.79 Å². The third-order valence-corrected chi connectivity index (χ3v) is 10.8. The summed E-state index contributed by atoms with van der Waals surface area (Å²) in [5.74, 6) is 0.347. The number of hydrogen-bond donors (Lipinski definition) is 0. The molecule has 5 heterocycles. The molecule has 0 atom stereocenters. The van der Waals surface area contributed by atoms with Crippen molar-refractivity contribution in [2.75, 3.05) is 13.1 Å². The lowest BCUT2D eigenvalue weighted by Gasteiger charge is -2.33. The zero-order chi connectivity index (χ0) is 35.0. The molecule has 1 aliphatic rings. The van der Waals surface area contributed by atoms with Crippen molar-refractivity contribution in [1.29, 1.82) is 0 Å². The van der Waals surface area contributed by atoms with Crippen molar-refractivity contribution < 1.29 is 17.9 Å². The molecule has 256 valence electrons. The van der Waals surface area contributed by atoms with Gasteiger partial charge in [0, 0.05) is 66.2 Å². The summed E-state index contributed by atoms with van der Waals surface area (Å²) in [6.45, 7) is 9.45. The summed E-state index contributed by atoms with van der Waals surface area (Å²) >= 11 is 0. The quantitative estimate of drug-likeness (QED) is 0.169. The van der Waals surface area contributed by atoms with Gasteiger partial charge in [-0.25, -0.2) is 22.2 Å². The van der Waals surface area contributed by atoms with Crippen LogP contribution in [0.5, 0.6) is 0 Å². The molecule has 1 saturated heterocycles. The fourth-order valence-electron chi connectivity index (χ4n) is 6.41. The van der Waals surface area contributed by atoms with Crippen LogP contribution in [0.15, 0.2) is 109 Å². The smallest absolute Gasteiger partial charge is 0.410 e. The van der Waals surface area contributed by atoms with Gasteiger partial charge in [-0.15, -0.1) is 0 Å². The Morgan fingerprint density at radius 1 is 0.880 bits per heavy atom. The minimum Gasteiger partial charge on any atom is -0.444 e. The standard InChI is InChI=1S/C39H40N6O4S/c1-27-5-11-34(12-6-27)50(47,48)45-26-36(33-23-42-44(25-33)24-28-13-17-40-18-14-28)35-21-32(22-41-37(35)45)30-9-7-29(8-10-30)31-15-19-43(20-16-31)38(46)49-39(2,3)4/h5-14,17-18,21-23,25-26,31H,15-16,19-20,24H2,1-4H3. The lowest BCUT2D eigenvalue weighted by Crippen LogP contribution is -2.41. The molecule has 1 fully saturated rings. The predicted molar refractivity (Wildman–Crippen MR) is 193 cm³/mol. The number of amides is 1. The van der Waals surface area contributed by atoms with Crippen LogP contribution in [-0.4, -0.2) is 61.8 Å². The number of fused-ring (bicyclic) bond motifs is 1. The van der Waals surface area contributed by atoms with Crippen LogP contribution >= 0.6 is 0 Å². The van der Waals surface area contributed by atoms with Crippen molar-refractivity contribution in [3.63, 3.8) is 0 Å². The van der Waals surface area contributed by atoms with Crippen LogP contribution < -0.4 is 0 Å². The molecule has 0 saturated carbocycles. The Morgan fingerprint density at radius 3 is 2.26 bits per heavy atom. The van der Waals surface area contributed by atoms with Crippen LogP contribution in [0.25, 0.3) is 33.3 Å². The van der Waals surface area contributed by atoms with Crippen LogP contribution in [0, 0.1) is 6.92 Å². The molecule has 1 amide bonds. The maximum atomic E-state index is 14.0. The van der Waals surface area contributed by atoms with Crippen molar-refractivity contribution in [3.8, 4) is 22.3 Å². The van der Waals surface area contributed by atoms with E-state index in [0.29, 0.717) is 36.6 Å². The number of aromatic nitrogens is 5. The van der Waals surface area contributed by atoms with E-state index in [0.717, 1.165) is 46.2 Å². The largest absolute Gasteiger partial charge is 0.444 e. The highest BCUT2D eigenvalue weighted by Crippen LogP contribution is 2.36. The van der Waals surface area contributed by atoms with Gasteiger partial charge in [-0.1, -0.05) is 42.0 Å². The number of rotatable bonds is 7. The first kappa shape index (κ1) is 33.2. The van der Waals surface area contributed by atoms with E-state index in [4.69, 9.17) is 9.72 Å². The molecule has 50 heavy (non-hydrogen) atoms. The minimum absolute atomic E-state index is 0.193. The Morgan fingerprint density at radius 2 is 1.58 bits per heavy atom. The predicted octanol–water partition coefficient (Wildman–Crippen LogP) is 7.67. The summed E-state index contributed by atoms with van der Waals surface area (Å²) in [7, 11) is -3.94. The summed E-state index contributed by atoms with van der Waals surface area (Å²) in [4.78, 5) is 23.4. The van der Waals surface area contributed by atoms with Gasteiger partial charge in [0.1, 0.15) is 5.60 Å². The first-order chi connectivity index (χ1) is 23.9. The Hall–Kier alpha value is -5.29. The maximum Gasteiger partial charge on any atom is 0.410 e. The van der Waals surface area contributed by atoms with Crippen molar-refractivity contribution in [2.24, 2.45) is 0 Å². The van der Waals surface area contributed by atoms with Gasteiger partial charge in [-0.2, -0.15) is 5.10 Å². The lowest BCUT2D eigenvalue weighted by atomic mass is 9.88. The molecule has 7 rings (SSSR count). The molecular weight excluding hydrogens is 649 g/mol. The van der Waals surface area contributed by atoms with Gasteiger partial charge in [-0.05, 0) is 93.5 Å². The number of likely N-dealkylation sites (tertiary alicyclic amines) is 1. The summed E-state index contributed by atoms with van der Waals surface area (Å²) < 4.78 is 36.6. The van der Waals surface area contributed by atoms with Gasteiger partial charge in [0.05, 0.1) is 17.6 Å². The Bertz CT molecular complexity index is 2250. The minimum atomic E-state index is -3.94. The average Bonchev–Trinajstić information content (AvgIpc) is 3.73. The van der Waals surface area contributed by atoms with Gasteiger partial charge >= 0.3 is 6.09 Å². The first-order valence-electron chi connectivity index (χ1n) is 16.8. The van der Waals surface area contributed by atoms with E-state index in [-0.39, 0.29) is 11.0 Å². The zero-order valence-corrected chi connectivity index (χ0v) is 29.5. The molecule has 10 nitrogen and oxygen atoms in total. The lowest BCUT2D eigenvalue weighted by molar-refractivity contribution is 0.0205. The topological polar surface area (TPSA) is 112 Å². The molecule has 0 N–H and O–H groups in total. The molecular formula is C39H40N6O4S. The molecule has 11 heteroatoms. The average molecular weight is 689 g/mol. The fourth-order valence-corrected chi connectivity index (χ4v) is 7.73. The van der Waals surface area contributed by atoms with Gasteiger partial charge in [0.15, 0.2) is 5.65 Å². The first-order valence-corrected chi connectivity index (χ1v) is 18.2. The monoisotopic (exact) mass is 688 g/mol. The van der Waals surface area contributed by atoms with Crippen LogP contribution in [0.2, 0.25) is 0 Å². The van der Waals surface area contributed by atoms with E-state index in [1.54, 1.807) is 60.1 Å². The number of piperidine rings is 1. The molecule has 4 aromatic heterocycles. The molecule has 0 aliphatic carbocycles. The highest BCUT2D eigenvalue weighted by Gasteiger charge is 2.28. The molecule has 6 aromatic rings. The third-order valence-electron chi connectivity index (χ3n) is 9.09. The number of nitrogens with zero attached hydrogens (tertiary/aromatic N) is 6. The van der Waals surface area contributed by atoms with Crippen molar-refractivity contribution in [2.45, 2.75) is 63.5 Å².